The third kappa shape index (κ3) is 21.1. The van der Waals surface area contributed by atoms with Crippen molar-refractivity contribution < 1.29 is 71.6 Å². The van der Waals surface area contributed by atoms with Gasteiger partial charge < -0.3 is 80.4 Å². The molecule has 0 bridgehead atoms. The molecular weight excluding hydrogens is 972 g/mol. The van der Waals surface area contributed by atoms with Crippen LogP contribution in [0.5, 0.6) is 0 Å². The van der Waals surface area contributed by atoms with Crippen molar-refractivity contribution in [2.24, 2.45) is 23.1 Å². The molecular formula is C45H74F3N13O12. The Hall–Kier alpha value is -6.04. The summed E-state index contributed by atoms with van der Waals surface area (Å²) in [5.74, 6) is -9.59. The second-order valence-electron chi connectivity index (χ2n) is 18.1. The molecule has 0 spiro atoms. The summed E-state index contributed by atoms with van der Waals surface area (Å²) in [7, 11) is 0. The minimum absolute atomic E-state index is 0.0244. The highest BCUT2D eigenvalue weighted by molar-refractivity contribution is 5.98. The van der Waals surface area contributed by atoms with Gasteiger partial charge in [-0.1, -0.05) is 44.2 Å². The van der Waals surface area contributed by atoms with E-state index in [2.05, 4.69) is 42.5 Å². The quantitative estimate of drug-likeness (QED) is 0.0614. The summed E-state index contributed by atoms with van der Waals surface area (Å²) in [4.78, 5) is 124. The second-order valence-corrected chi connectivity index (χ2v) is 18.1. The van der Waals surface area contributed by atoms with E-state index in [1.54, 1.807) is 44.2 Å². The third-order valence-corrected chi connectivity index (χ3v) is 11.4. The number of nitrogens with two attached hydrogens (primary N) is 3. The van der Waals surface area contributed by atoms with E-state index < -0.39 is 152 Å². The predicted octanol–water partition coefficient (Wildman–Crippen LogP) is -5.62. The first-order valence-electron chi connectivity index (χ1n) is 23.9. The maximum atomic E-state index is 14.3. The molecule has 28 heteroatoms. The summed E-state index contributed by atoms with van der Waals surface area (Å²) < 4.78 is 40.1. The molecule has 1 aromatic carbocycles. The fourth-order valence-corrected chi connectivity index (χ4v) is 7.33. The molecule has 25 nitrogen and oxygen atoms in total. The van der Waals surface area contributed by atoms with Gasteiger partial charge in [-0.25, -0.2) is 0 Å². The first-order valence-corrected chi connectivity index (χ1v) is 23.9. The molecule has 0 aromatic heterocycles. The average molecular weight is 1050 g/mol. The van der Waals surface area contributed by atoms with E-state index in [1.807, 2.05) is 10.6 Å². The van der Waals surface area contributed by atoms with Crippen LogP contribution >= 0.6 is 0 Å². The zero-order valence-electron chi connectivity index (χ0n) is 41.6. The molecule has 412 valence electrons. The highest BCUT2D eigenvalue weighted by atomic mass is 19.4. The summed E-state index contributed by atoms with van der Waals surface area (Å²) in [5, 5.41) is 54.7. The maximum absolute atomic E-state index is 14.3. The van der Waals surface area contributed by atoms with Crippen molar-refractivity contribution in [1.29, 1.82) is 0 Å². The monoisotopic (exact) mass is 1050 g/mol. The average Bonchev–Trinajstić information content (AvgIpc) is 3.31. The highest BCUT2D eigenvalue weighted by Gasteiger charge is 2.41. The number of amides is 9. The Morgan fingerprint density at radius 1 is 0.671 bits per heavy atom. The van der Waals surface area contributed by atoms with Gasteiger partial charge >= 0.3 is 6.18 Å². The Morgan fingerprint density at radius 3 is 1.60 bits per heavy atom. The number of nitrogens with one attached hydrogen (secondary N) is 10. The van der Waals surface area contributed by atoms with Gasteiger partial charge in [-0.15, -0.1) is 0 Å². The fraction of sp³-hybridized carbons (Fsp3) is 0.667. The topological polar surface area (TPSA) is 413 Å². The van der Waals surface area contributed by atoms with Crippen molar-refractivity contribution in [3.63, 3.8) is 0 Å². The van der Waals surface area contributed by atoms with Gasteiger partial charge in [-0.05, 0) is 84.0 Å². The standard InChI is InChI=1S/C45H74F3N13O12/c1-22(2)19-31-40(69)56-27(11-15-49)36(65)55-29(13-17-51)39(68)61-34(23(3)63)43(72)52-18-14-30(57-42(71)33(21-62)60-44(73)35(24(4)64)53-25(5)45(46,47)48)38(67)54-28(12-16-50)37(66)59-32(41(70)58-31)20-26-9-7-6-8-10-26/h6-10,22-25,27-35,53,62-64H,11-21,49-51H2,1-5H3,(H,52,72)(H,54,67)(H,55,65)(H,56,69)(H,57,71)(H,58,70)(H,59,66)(H,60,73)(H,61,68)/t23-,24-,25+,27+,28+,29+,30+,31+,32-,33-,34+,35+/m1/s1. The number of hydrogen-bond donors (Lipinski definition) is 16. The zero-order valence-corrected chi connectivity index (χ0v) is 41.6. The van der Waals surface area contributed by atoms with E-state index in [4.69, 9.17) is 17.2 Å². The maximum Gasteiger partial charge on any atom is 0.403 e. The van der Waals surface area contributed by atoms with Crippen LogP contribution in [0.2, 0.25) is 0 Å². The zero-order chi connectivity index (χ0) is 55.2. The van der Waals surface area contributed by atoms with Crippen LogP contribution in [0.4, 0.5) is 13.2 Å². The van der Waals surface area contributed by atoms with Crippen molar-refractivity contribution in [2.75, 3.05) is 32.8 Å². The second kappa shape index (κ2) is 30.9. The summed E-state index contributed by atoms with van der Waals surface area (Å²) in [6.07, 6.45) is -9.51. The molecule has 19 N–H and O–H groups in total. The number of aliphatic hydroxyl groups excluding tert-OH is 3. The Bertz CT molecular complexity index is 2000. The number of benzene rings is 1. The third-order valence-electron chi connectivity index (χ3n) is 11.4. The van der Waals surface area contributed by atoms with Gasteiger partial charge in [-0.3, -0.25) is 48.5 Å². The van der Waals surface area contributed by atoms with Crippen LogP contribution in [0.3, 0.4) is 0 Å². The summed E-state index contributed by atoms with van der Waals surface area (Å²) in [6, 6.07) is -8.47. The molecule has 1 aromatic rings. The number of aliphatic hydroxyl groups is 3. The van der Waals surface area contributed by atoms with E-state index in [-0.39, 0.29) is 57.7 Å². The van der Waals surface area contributed by atoms with E-state index in [9.17, 15) is 71.6 Å². The minimum atomic E-state index is -4.86. The molecule has 0 radical (unpaired) electrons. The normalized spacial score (nSPS) is 24.7. The van der Waals surface area contributed by atoms with Crippen molar-refractivity contribution >= 4 is 53.2 Å². The molecule has 1 aliphatic rings. The smallest absolute Gasteiger partial charge is 0.394 e. The molecule has 1 heterocycles. The van der Waals surface area contributed by atoms with E-state index in [0.717, 1.165) is 13.8 Å². The van der Waals surface area contributed by atoms with Crippen LogP contribution in [-0.4, -0.2) is 180 Å². The van der Waals surface area contributed by atoms with Crippen molar-refractivity contribution in [3.05, 3.63) is 35.9 Å². The largest absolute Gasteiger partial charge is 0.403 e. The van der Waals surface area contributed by atoms with Gasteiger partial charge in [0.1, 0.15) is 60.4 Å². The van der Waals surface area contributed by atoms with Crippen LogP contribution in [-0.2, 0) is 49.6 Å². The van der Waals surface area contributed by atoms with Crippen LogP contribution in [0.1, 0.15) is 72.3 Å². The van der Waals surface area contributed by atoms with Gasteiger partial charge in [0.2, 0.25) is 53.2 Å². The lowest BCUT2D eigenvalue weighted by molar-refractivity contribution is -0.157. The number of halogens is 3. The van der Waals surface area contributed by atoms with E-state index >= 15 is 0 Å². The molecule has 12 atom stereocenters. The lowest BCUT2D eigenvalue weighted by Crippen LogP contribution is -2.62. The van der Waals surface area contributed by atoms with E-state index in [1.165, 1.54) is 0 Å². The molecule has 1 aliphatic heterocycles. The molecule has 73 heavy (non-hydrogen) atoms. The number of carbonyl (C=O) groups excluding carboxylic acids is 9. The molecule has 1 fully saturated rings. The SMILES string of the molecule is CC(C)C[C@@H]1NC(=O)[C@@H](Cc2ccccc2)NC(=O)[C@H](CCN)NC(=O)[C@@H](NC(=O)[C@@H](CO)NC(=O)[C@@H](N[C@@H](C)C(F)(F)F)[C@@H](C)O)CCNC(=O)[C@H]([C@@H](C)O)NC(=O)[C@H](CCN)NC(=O)[C@H](CCN)NC1=O. The van der Waals surface area contributed by atoms with Crippen LogP contribution in [0, 0.1) is 5.92 Å². The molecule has 0 saturated carbocycles. The summed E-state index contributed by atoms with van der Waals surface area (Å²) in [6.45, 7) is 4.09. The van der Waals surface area contributed by atoms with Gasteiger partial charge in [0.25, 0.3) is 0 Å². The lowest BCUT2D eigenvalue weighted by Gasteiger charge is -2.29. The van der Waals surface area contributed by atoms with Crippen LogP contribution in [0.25, 0.3) is 0 Å². The van der Waals surface area contributed by atoms with Gasteiger partial charge in [-0.2, -0.15) is 13.2 Å². The molecule has 0 aliphatic carbocycles. The Morgan fingerprint density at radius 2 is 1.14 bits per heavy atom. The van der Waals surface area contributed by atoms with Crippen molar-refractivity contribution in [3.8, 4) is 0 Å². The Balaban J connectivity index is 2.73. The Kier molecular flexibility index (Phi) is 26.7. The van der Waals surface area contributed by atoms with Gasteiger partial charge in [0.15, 0.2) is 0 Å². The predicted molar refractivity (Wildman–Crippen MR) is 257 cm³/mol. The summed E-state index contributed by atoms with van der Waals surface area (Å²) >= 11 is 0. The van der Waals surface area contributed by atoms with Crippen molar-refractivity contribution in [1.82, 2.24) is 53.2 Å². The van der Waals surface area contributed by atoms with Crippen LogP contribution < -0.4 is 70.4 Å². The first kappa shape index (κ1) is 63.1. The molecule has 2 rings (SSSR count). The molecule has 0 unspecified atom stereocenters. The van der Waals surface area contributed by atoms with E-state index in [0.29, 0.717) is 12.5 Å². The van der Waals surface area contributed by atoms with Gasteiger partial charge in [0, 0.05) is 13.0 Å². The lowest BCUT2D eigenvalue weighted by atomic mass is 10.00. The summed E-state index contributed by atoms with van der Waals surface area (Å²) in [5.41, 5.74) is 18.0. The van der Waals surface area contributed by atoms with Crippen LogP contribution in [0.15, 0.2) is 30.3 Å². The highest BCUT2D eigenvalue weighted by Crippen LogP contribution is 2.20. The molecule has 9 amide bonds. The Labute approximate surface area is 421 Å². The number of rotatable bonds is 19. The molecule has 1 saturated heterocycles. The number of carbonyl (C=O) groups is 9. The number of alkyl halides is 3. The minimum Gasteiger partial charge on any atom is -0.394 e. The fourth-order valence-electron chi connectivity index (χ4n) is 7.33. The van der Waals surface area contributed by atoms with Crippen molar-refractivity contribution in [2.45, 2.75) is 152 Å². The first-order chi connectivity index (χ1) is 34.3. The number of hydrogen-bond acceptors (Lipinski definition) is 16. The van der Waals surface area contributed by atoms with Gasteiger partial charge in [0.05, 0.1) is 18.8 Å².